The first-order valence-electron chi connectivity index (χ1n) is 9.52. The number of hydrogen-bond donors (Lipinski definition) is 0. The molecule has 3 heteroatoms. The van der Waals surface area contributed by atoms with Crippen molar-refractivity contribution in [2.45, 2.75) is 64.2 Å². The minimum absolute atomic E-state index is 0. The van der Waals surface area contributed by atoms with Gasteiger partial charge < -0.3 is 14.9 Å². The van der Waals surface area contributed by atoms with E-state index < -0.39 is 0 Å². The fourth-order valence-corrected chi connectivity index (χ4v) is 4.14. The zero-order valence-electron chi connectivity index (χ0n) is 18.0. The van der Waals surface area contributed by atoms with Crippen molar-refractivity contribution in [2.75, 3.05) is 5.34 Å². The molecule has 2 unspecified atom stereocenters. The van der Waals surface area contributed by atoms with Gasteiger partial charge >= 0.3 is 26.2 Å². The largest absolute Gasteiger partial charge is 2.00 e. The first kappa shape index (κ1) is 30.1. The second kappa shape index (κ2) is 16.7. The van der Waals surface area contributed by atoms with Crippen LogP contribution in [0.25, 0.3) is 0 Å². The fraction of sp³-hybridized carbons (Fsp3) is 0.440. The van der Waals surface area contributed by atoms with Crippen molar-refractivity contribution in [2.24, 2.45) is 0 Å². The maximum absolute atomic E-state index is 4.76. The smallest absolute Gasteiger partial charge is 0.358 e. The molecule has 0 saturated heterocycles. The molecule has 2 aromatic carbocycles. The van der Waals surface area contributed by atoms with Crippen LogP contribution in [0.5, 0.6) is 0 Å². The monoisotopic (exact) mass is 496 g/mol. The van der Waals surface area contributed by atoms with Gasteiger partial charge in [-0.15, -0.1) is 23.2 Å². The van der Waals surface area contributed by atoms with E-state index in [9.17, 15) is 0 Å². The fourth-order valence-electron chi connectivity index (χ4n) is 4.14. The predicted octanol–water partition coefficient (Wildman–Crippen LogP) is 8.57. The Bertz CT molecular complexity index is 586. The van der Waals surface area contributed by atoms with Crippen molar-refractivity contribution in [3.05, 3.63) is 85.6 Å². The molecule has 0 radical (unpaired) electrons. The Balaban J connectivity index is 0. The molecule has 0 aliphatic heterocycles. The van der Waals surface area contributed by atoms with Crippen molar-refractivity contribution in [1.29, 1.82) is 0 Å². The molecular formula is C25H36Cl2Zr. The van der Waals surface area contributed by atoms with Crippen molar-refractivity contribution < 1.29 is 26.2 Å². The number of hydrogen-bond acceptors (Lipinski definition) is 0. The summed E-state index contributed by atoms with van der Waals surface area (Å²) < 4.78 is 0. The topological polar surface area (TPSA) is 0 Å². The summed E-state index contributed by atoms with van der Waals surface area (Å²) in [6.07, 6.45) is 7.95. The van der Waals surface area contributed by atoms with Crippen LogP contribution in [0.1, 0.15) is 73.6 Å². The summed E-state index contributed by atoms with van der Waals surface area (Å²) >= 11 is 9.53. The van der Waals surface area contributed by atoms with E-state index in [0.717, 1.165) is 11.8 Å². The summed E-state index contributed by atoms with van der Waals surface area (Å²) in [5, 5.41) is 0.194. The minimum atomic E-state index is 0. The van der Waals surface area contributed by atoms with Crippen molar-refractivity contribution in [3.8, 4) is 0 Å². The number of alkyl halides is 2. The molecule has 0 aromatic heterocycles. The average molecular weight is 499 g/mol. The second-order valence-corrected chi connectivity index (χ2v) is 7.59. The summed E-state index contributed by atoms with van der Waals surface area (Å²) in [4.78, 5) is 0. The summed E-state index contributed by atoms with van der Waals surface area (Å²) in [6, 6.07) is 17.7. The van der Waals surface area contributed by atoms with Crippen LogP contribution in [-0.4, -0.2) is 5.34 Å². The van der Waals surface area contributed by atoms with Gasteiger partial charge in [-0.3, -0.25) is 0 Å². The molecular weight excluding hydrogens is 462 g/mol. The zero-order chi connectivity index (χ0) is 18.1. The Morgan fingerprint density at radius 1 is 0.714 bits per heavy atom. The molecule has 0 spiro atoms. The van der Waals surface area contributed by atoms with E-state index in [1.54, 1.807) is 22.3 Å². The van der Waals surface area contributed by atoms with E-state index in [2.05, 4.69) is 62.4 Å². The molecule has 28 heavy (non-hydrogen) atoms. The number of halogens is 2. The van der Waals surface area contributed by atoms with Gasteiger partial charge in [0.1, 0.15) is 0 Å². The Hall–Kier alpha value is -0.0969. The standard InChI is InChI=1S/2C11H14.CH2Cl2.2CH3.Zr/c2*1-2-9-7-8-10-5-3-4-6-11(9)10;2-1-3;;;/h2*3-6,9H,2,7-8H2,1H3;1H2;2*1H3;/q;;;2*-1;+2. The van der Waals surface area contributed by atoms with Gasteiger partial charge in [0, 0.05) is 0 Å². The normalized spacial score (nSPS) is 17.7. The molecule has 0 nitrogen and oxygen atoms in total. The first-order chi connectivity index (χ1) is 12.2. The second-order valence-electron chi connectivity index (χ2n) is 6.79. The average Bonchev–Trinajstić information content (AvgIpc) is 3.26. The minimum Gasteiger partial charge on any atom is -0.358 e. The Morgan fingerprint density at radius 3 is 1.36 bits per heavy atom. The Labute approximate surface area is 203 Å². The molecule has 2 aromatic rings. The molecule has 0 N–H and O–H groups in total. The van der Waals surface area contributed by atoms with E-state index in [4.69, 9.17) is 23.2 Å². The van der Waals surface area contributed by atoms with Gasteiger partial charge in [-0.25, -0.2) is 0 Å². The van der Waals surface area contributed by atoms with Crippen LogP contribution in [-0.2, 0) is 39.0 Å². The van der Waals surface area contributed by atoms with E-state index in [-0.39, 0.29) is 46.4 Å². The molecule has 0 amide bonds. The summed E-state index contributed by atoms with van der Waals surface area (Å²) in [5.41, 5.74) is 6.38. The van der Waals surface area contributed by atoms with Gasteiger partial charge in [0.2, 0.25) is 0 Å². The molecule has 2 atom stereocenters. The number of aryl methyl sites for hydroxylation is 2. The summed E-state index contributed by atoms with van der Waals surface area (Å²) in [7, 11) is 0. The zero-order valence-corrected chi connectivity index (χ0v) is 21.9. The van der Waals surface area contributed by atoms with Crippen LogP contribution in [0.15, 0.2) is 48.5 Å². The van der Waals surface area contributed by atoms with Crippen molar-refractivity contribution in [3.63, 3.8) is 0 Å². The van der Waals surface area contributed by atoms with Crippen molar-refractivity contribution >= 4 is 23.2 Å². The van der Waals surface area contributed by atoms with Crippen LogP contribution >= 0.6 is 23.2 Å². The molecule has 0 bridgehead atoms. The van der Waals surface area contributed by atoms with Gasteiger partial charge in [0.25, 0.3) is 0 Å². The molecule has 0 fully saturated rings. The van der Waals surface area contributed by atoms with Gasteiger partial charge in [-0.1, -0.05) is 62.4 Å². The van der Waals surface area contributed by atoms with Crippen LogP contribution in [0.3, 0.4) is 0 Å². The number of rotatable bonds is 2. The van der Waals surface area contributed by atoms with Crippen molar-refractivity contribution in [1.82, 2.24) is 0 Å². The van der Waals surface area contributed by atoms with E-state index >= 15 is 0 Å². The molecule has 2 aliphatic carbocycles. The van der Waals surface area contributed by atoms with Crippen LogP contribution in [0.4, 0.5) is 0 Å². The van der Waals surface area contributed by atoms with Gasteiger partial charge in [0.05, 0.1) is 5.34 Å². The third-order valence-electron chi connectivity index (χ3n) is 5.50. The van der Waals surface area contributed by atoms with Crippen LogP contribution in [0, 0.1) is 14.9 Å². The number of benzene rings is 2. The maximum atomic E-state index is 4.76. The van der Waals surface area contributed by atoms with Crippen LogP contribution in [0.2, 0.25) is 0 Å². The van der Waals surface area contributed by atoms with Crippen LogP contribution < -0.4 is 0 Å². The van der Waals surface area contributed by atoms with Gasteiger partial charge in [-0.2, -0.15) is 0 Å². The third-order valence-corrected chi connectivity index (χ3v) is 5.50. The SMILES string of the molecule is CCC1CCc2ccccc21.CCC1CCc2ccccc21.ClCCl.[CH3-].[CH3-].[Zr+2]. The Morgan fingerprint density at radius 2 is 1.04 bits per heavy atom. The molecule has 4 rings (SSSR count). The first-order valence-corrected chi connectivity index (χ1v) is 10.6. The summed E-state index contributed by atoms with van der Waals surface area (Å²) in [5.74, 6) is 1.71. The van der Waals surface area contributed by atoms with E-state index in [1.165, 1.54) is 38.5 Å². The predicted molar refractivity (Wildman–Crippen MR) is 125 cm³/mol. The van der Waals surface area contributed by atoms with Gasteiger partial charge in [-0.05, 0) is 72.6 Å². The molecule has 0 saturated carbocycles. The van der Waals surface area contributed by atoms with E-state index in [0.29, 0.717) is 0 Å². The summed E-state index contributed by atoms with van der Waals surface area (Å²) in [6.45, 7) is 4.57. The molecule has 154 valence electrons. The quantitative estimate of drug-likeness (QED) is 0.287. The number of fused-ring (bicyclic) bond motifs is 2. The van der Waals surface area contributed by atoms with Gasteiger partial charge in [0.15, 0.2) is 0 Å². The maximum Gasteiger partial charge on any atom is 2.00 e. The molecule has 2 aliphatic rings. The Kier molecular flexibility index (Phi) is 17.9. The molecule has 0 heterocycles. The third kappa shape index (κ3) is 8.33. The van der Waals surface area contributed by atoms with E-state index in [1.807, 2.05) is 0 Å².